The molecule has 0 bridgehead atoms. The monoisotopic (exact) mass is 685 g/mol. The summed E-state index contributed by atoms with van der Waals surface area (Å²) in [5.41, 5.74) is -0.0579. The summed E-state index contributed by atoms with van der Waals surface area (Å²) < 4.78 is 64.4. The highest BCUT2D eigenvalue weighted by molar-refractivity contribution is 14.0. The summed E-state index contributed by atoms with van der Waals surface area (Å²) >= 11 is 0. The Hall–Kier alpha value is -1.96. The second kappa shape index (κ2) is 12.7. The number of halogens is 4. The third-order valence-corrected chi connectivity index (χ3v) is 9.96. The molecule has 2 unspecified atom stereocenters. The van der Waals surface area contributed by atoms with Gasteiger partial charge in [0.15, 0.2) is 0 Å². The zero-order chi connectivity index (χ0) is 27.7. The van der Waals surface area contributed by atoms with E-state index in [1.807, 2.05) is 4.90 Å². The summed E-state index contributed by atoms with van der Waals surface area (Å²) in [5, 5.41) is 11.2. The summed E-state index contributed by atoms with van der Waals surface area (Å²) in [7, 11) is -3.52. The second-order valence-corrected chi connectivity index (χ2v) is 12.4. The topological polar surface area (TPSA) is 114 Å². The van der Waals surface area contributed by atoms with Crippen LogP contribution >= 0.6 is 24.0 Å². The highest BCUT2D eigenvalue weighted by atomic mass is 127. The van der Waals surface area contributed by atoms with Crippen LogP contribution in [0.25, 0.3) is 0 Å². The minimum absolute atomic E-state index is 0. The Labute approximate surface area is 245 Å². The van der Waals surface area contributed by atoms with E-state index in [0.29, 0.717) is 30.4 Å². The predicted octanol–water partition coefficient (Wildman–Crippen LogP) is 2.94. The van der Waals surface area contributed by atoms with Crippen molar-refractivity contribution in [1.82, 2.24) is 18.8 Å². The van der Waals surface area contributed by atoms with Crippen molar-refractivity contribution in [1.29, 1.82) is 5.26 Å². The van der Waals surface area contributed by atoms with Crippen LogP contribution in [0.1, 0.15) is 32.3 Å². The van der Waals surface area contributed by atoms with Crippen LogP contribution in [-0.2, 0) is 32.5 Å². The number of amides is 2. The number of carbonyl (C=O) groups is 2. The number of benzene rings is 1. The fourth-order valence-corrected chi connectivity index (χ4v) is 7.25. The van der Waals surface area contributed by atoms with Gasteiger partial charge in [-0.1, -0.05) is 19.1 Å². The maximum Gasteiger partial charge on any atom is 0.416 e. The van der Waals surface area contributed by atoms with E-state index in [9.17, 15) is 31.2 Å². The molecule has 3 atom stereocenters. The lowest BCUT2D eigenvalue weighted by atomic mass is 9.98. The van der Waals surface area contributed by atoms with Gasteiger partial charge in [0, 0.05) is 47.2 Å². The van der Waals surface area contributed by atoms with Crippen LogP contribution in [0.4, 0.5) is 13.2 Å². The van der Waals surface area contributed by atoms with Gasteiger partial charge >= 0.3 is 6.18 Å². The van der Waals surface area contributed by atoms with E-state index < -0.39 is 21.9 Å². The summed E-state index contributed by atoms with van der Waals surface area (Å²) in [4.78, 5) is 24.6. The van der Waals surface area contributed by atoms with Crippen LogP contribution in [0.15, 0.2) is 24.3 Å². The zero-order valence-electron chi connectivity index (χ0n) is 21.5. The molecule has 3 aliphatic heterocycles. The molecule has 3 saturated heterocycles. The Kier molecular flexibility index (Phi) is 10.3. The van der Waals surface area contributed by atoms with E-state index in [1.165, 1.54) is 20.7 Å². The molecule has 1 aromatic rings. The number of hydrogen-bond acceptors (Lipinski definition) is 5. The SMILES string of the molecule is CC1C2CN(C(=O)[C@H]3CCCN(S(=O)(=O)N4CC(C#N)C4)C3)CC12.I.O=CNCc1ccc(C(F)(F)F)cc1.[HH]. The van der Waals surface area contributed by atoms with Gasteiger partial charge in [-0.15, -0.1) is 24.0 Å². The highest BCUT2D eigenvalue weighted by Crippen LogP contribution is 2.51. The van der Waals surface area contributed by atoms with Crippen LogP contribution in [0.3, 0.4) is 0 Å². The zero-order valence-corrected chi connectivity index (χ0v) is 24.7. The average Bonchev–Trinajstić information content (AvgIpc) is 3.25. The van der Waals surface area contributed by atoms with Gasteiger partial charge in [0.25, 0.3) is 10.2 Å². The first kappa shape index (κ1) is 31.6. The molecule has 14 heteroatoms. The molecule has 1 N–H and O–H groups in total. The van der Waals surface area contributed by atoms with Crippen LogP contribution in [0.2, 0.25) is 0 Å². The van der Waals surface area contributed by atoms with Gasteiger partial charge in [-0.05, 0) is 48.3 Å². The molecule has 39 heavy (non-hydrogen) atoms. The average molecular weight is 686 g/mol. The molecule has 0 spiro atoms. The standard InChI is InChI=1S/C16H24N4O3S.C9H8F3NO.HI.H2/c1-11-14-9-18(10-15(11)14)16(21)13-3-2-4-19(8-13)24(22,23)20-6-12(5-17)7-20;10-9(11,12)8-3-1-7(2-4-8)5-13-6-14;;/h11-15H,2-4,6-10H2,1H3;1-4,6H,5H2,(H,13,14);2*1H/t11?,13-,14?,15?;;;/m0.../s1. The van der Waals surface area contributed by atoms with E-state index >= 15 is 0 Å². The number of hydrogen-bond donors (Lipinski definition) is 1. The maximum absolute atomic E-state index is 12.7. The quantitative estimate of drug-likeness (QED) is 0.366. The minimum atomic E-state index is -4.31. The van der Waals surface area contributed by atoms with E-state index in [1.54, 1.807) is 0 Å². The first-order valence-electron chi connectivity index (χ1n) is 12.7. The van der Waals surface area contributed by atoms with Crippen molar-refractivity contribution in [2.45, 2.75) is 32.5 Å². The van der Waals surface area contributed by atoms with Gasteiger partial charge in [-0.3, -0.25) is 9.59 Å². The van der Waals surface area contributed by atoms with Gasteiger partial charge in [0.1, 0.15) is 0 Å². The predicted molar refractivity (Wildman–Crippen MR) is 148 cm³/mol. The number of nitrogens with one attached hydrogen (secondary N) is 1. The summed E-state index contributed by atoms with van der Waals surface area (Å²) in [5.74, 6) is 1.81. The van der Waals surface area contributed by atoms with E-state index in [2.05, 4.69) is 18.3 Å². The van der Waals surface area contributed by atoms with Crippen molar-refractivity contribution in [2.24, 2.45) is 29.6 Å². The van der Waals surface area contributed by atoms with Crippen LogP contribution in [-0.4, -0.2) is 73.5 Å². The fraction of sp³-hybridized carbons (Fsp3) is 0.640. The van der Waals surface area contributed by atoms with Crippen molar-refractivity contribution in [3.05, 3.63) is 35.4 Å². The molecule has 218 valence electrons. The Balaban J connectivity index is 0.000000304. The molecule has 2 amide bonds. The lowest BCUT2D eigenvalue weighted by Gasteiger charge is -2.40. The summed E-state index contributed by atoms with van der Waals surface area (Å²) in [6.07, 6.45) is -2.32. The molecule has 9 nitrogen and oxygen atoms in total. The molecule has 1 aliphatic carbocycles. The third kappa shape index (κ3) is 7.22. The summed E-state index contributed by atoms with van der Waals surface area (Å²) in [6.45, 7) is 5.50. The summed E-state index contributed by atoms with van der Waals surface area (Å²) in [6, 6.07) is 6.74. The highest BCUT2D eigenvalue weighted by Gasteiger charge is 2.54. The molecule has 1 saturated carbocycles. The lowest BCUT2D eigenvalue weighted by molar-refractivity contribution is -0.138. The van der Waals surface area contributed by atoms with Crippen molar-refractivity contribution >= 4 is 46.5 Å². The largest absolute Gasteiger partial charge is 0.416 e. The van der Waals surface area contributed by atoms with Gasteiger partial charge in [-0.25, -0.2) is 0 Å². The number of likely N-dealkylation sites (tertiary alicyclic amines) is 1. The van der Waals surface area contributed by atoms with Gasteiger partial charge in [0.05, 0.1) is 23.5 Å². The second-order valence-electron chi connectivity index (χ2n) is 10.5. The number of fused-ring (bicyclic) bond motifs is 1. The van der Waals surface area contributed by atoms with Crippen molar-refractivity contribution in [2.75, 3.05) is 39.3 Å². The molecule has 3 heterocycles. The lowest BCUT2D eigenvalue weighted by Crippen LogP contribution is -2.57. The Morgan fingerprint density at radius 2 is 1.74 bits per heavy atom. The molecule has 0 aromatic heterocycles. The van der Waals surface area contributed by atoms with Crippen LogP contribution in [0.5, 0.6) is 0 Å². The molecule has 0 radical (unpaired) electrons. The first-order valence-corrected chi connectivity index (χ1v) is 14.1. The molecule has 5 rings (SSSR count). The van der Waals surface area contributed by atoms with E-state index in [-0.39, 0.29) is 69.3 Å². The van der Waals surface area contributed by atoms with Crippen LogP contribution < -0.4 is 5.32 Å². The molecule has 4 fully saturated rings. The number of piperidine rings is 2. The number of nitrogens with zero attached hydrogens (tertiary/aromatic N) is 4. The third-order valence-electron chi connectivity index (χ3n) is 8.02. The van der Waals surface area contributed by atoms with E-state index in [4.69, 9.17) is 5.26 Å². The van der Waals surface area contributed by atoms with Crippen molar-refractivity contribution in [3.8, 4) is 6.07 Å². The Morgan fingerprint density at radius 3 is 2.28 bits per heavy atom. The molecular formula is C25H35F3IN5O4S. The molecule has 1 aromatic carbocycles. The minimum Gasteiger partial charge on any atom is -0.355 e. The van der Waals surface area contributed by atoms with Gasteiger partial charge in [-0.2, -0.15) is 35.5 Å². The van der Waals surface area contributed by atoms with Crippen molar-refractivity contribution in [3.63, 3.8) is 0 Å². The number of carbonyl (C=O) groups excluding carboxylic acids is 2. The fourth-order valence-electron chi connectivity index (χ4n) is 5.46. The first-order chi connectivity index (χ1) is 18.0. The smallest absolute Gasteiger partial charge is 0.355 e. The molecule has 4 aliphatic rings. The van der Waals surface area contributed by atoms with E-state index in [0.717, 1.165) is 44.0 Å². The normalized spacial score (nSPS) is 27.1. The number of alkyl halides is 3. The van der Waals surface area contributed by atoms with Crippen LogP contribution in [0, 0.1) is 40.9 Å². The van der Waals surface area contributed by atoms with Gasteiger partial charge in [0.2, 0.25) is 12.3 Å². The number of nitriles is 1. The Morgan fingerprint density at radius 1 is 1.13 bits per heavy atom. The van der Waals surface area contributed by atoms with Crippen molar-refractivity contribution < 1.29 is 32.6 Å². The maximum atomic E-state index is 12.7. The number of rotatable bonds is 6. The molecular weight excluding hydrogens is 650 g/mol. The van der Waals surface area contributed by atoms with Gasteiger partial charge < -0.3 is 10.2 Å². The Bertz CT molecular complexity index is 1170.